The largest absolute Gasteiger partial charge is 0.456 e. The summed E-state index contributed by atoms with van der Waals surface area (Å²) in [5.41, 5.74) is 14.8. The van der Waals surface area contributed by atoms with Crippen molar-refractivity contribution >= 4 is 81.3 Å². The van der Waals surface area contributed by atoms with Gasteiger partial charge in [-0.15, -0.1) is 11.3 Å². The number of nitrogens with zero attached hydrogens (tertiary/aromatic N) is 1. The molecule has 0 saturated heterocycles. The van der Waals surface area contributed by atoms with Gasteiger partial charge in [-0.3, -0.25) is 0 Å². The van der Waals surface area contributed by atoms with Crippen molar-refractivity contribution in [2.45, 2.75) is 0 Å². The highest BCUT2D eigenvalue weighted by molar-refractivity contribution is 7.27. The van der Waals surface area contributed by atoms with Gasteiger partial charge in [0.1, 0.15) is 11.2 Å². The Morgan fingerprint density at radius 2 is 0.754 bits per heavy atom. The predicted molar refractivity (Wildman–Crippen MR) is 261 cm³/mol. The lowest BCUT2D eigenvalue weighted by Crippen LogP contribution is -2.10. The van der Waals surface area contributed by atoms with Crippen molar-refractivity contribution in [3.8, 4) is 44.5 Å². The third-order valence-electron chi connectivity index (χ3n) is 12.1. The summed E-state index contributed by atoms with van der Waals surface area (Å²) < 4.78 is 8.83. The van der Waals surface area contributed by atoms with E-state index in [4.69, 9.17) is 4.42 Å². The van der Waals surface area contributed by atoms with Gasteiger partial charge >= 0.3 is 0 Å². The highest BCUT2D eigenvalue weighted by atomic mass is 32.1. The Morgan fingerprint density at radius 3 is 1.41 bits per heavy atom. The molecular weight excluding hydrogens is 759 g/mol. The van der Waals surface area contributed by atoms with Crippen molar-refractivity contribution in [2.75, 3.05) is 4.90 Å². The molecule has 0 aliphatic heterocycles. The minimum Gasteiger partial charge on any atom is -0.456 e. The number of rotatable bonds is 7. The Morgan fingerprint density at radius 1 is 0.295 bits per heavy atom. The van der Waals surface area contributed by atoms with Crippen molar-refractivity contribution in [1.29, 1.82) is 0 Å². The SMILES string of the molecule is c1ccc(-c2ccc(-c3ccc(N(c4ccc(-c5cccc6oc7ccccc7c56)cc4)c4cccc5c4sc4c(-c6ccccc6)cccc45)cc3)c3ccccc23)cc1. The molecular formula is C58H37NOS. The van der Waals surface area contributed by atoms with Gasteiger partial charge in [0.2, 0.25) is 0 Å². The summed E-state index contributed by atoms with van der Waals surface area (Å²) in [6, 6.07) is 81.1. The Balaban J connectivity index is 1.01. The van der Waals surface area contributed by atoms with Crippen LogP contribution in [0.1, 0.15) is 0 Å². The Kier molecular flexibility index (Phi) is 8.39. The summed E-state index contributed by atoms with van der Waals surface area (Å²) >= 11 is 1.88. The van der Waals surface area contributed by atoms with Gasteiger partial charge in [0.15, 0.2) is 0 Å². The highest BCUT2D eigenvalue weighted by Crippen LogP contribution is 2.48. The van der Waals surface area contributed by atoms with Crippen LogP contribution in [-0.2, 0) is 0 Å². The van der Waals surface area contributed by atoms with E-state index in [1.54, 1.807) is 0 Å². The molecule has 0 fully saturated rings. The lowest BCUT2D eigenvalue weighted by molar-refractivity contribution is 0.669. The van der Waals surface area contributed by atoms with E-state index < -0.39 is 0 Å². The second-order valence-corrected chi connectivity index (χ2v) is 16.6. The first-order chi connectivity index (χ1) is 30.3. The molecule has 0 saturated carbocycles. The fraction of sp³-hybridized carbons (Fsp3) is 0. The molecule has 61 heavy (non-hydrogen) atoms. The molecule has 0 N–H and O–H groups in total. The Labute approximate surface area is 357 Å². The minimum absolute atomic E-state index is 0.901. The molecule has 12 rings (SSSR count). The van der Waals surface area contributed by atoms with Gasteiger partial charge in [0.25, 0.3) is 0 Å². The number of hydrogen-bond donors (Lipinski definition) is 0. The number of benzene rings is 10. The van der Waals surface area contributed by atoms with Crippen molar-refractivity contribution in [1.82, 2.24) is 0 Å². The second-order valence-electron chi connectivity index (χ2n) is 15.6. The molecule has 0 aliphatic carbocycles. The maximum atomic E-state index is 6.28. The van der Waals surface area contributed by atoms with Crippen molar-refractivity contribution < 1.29 is 4.42 Å². The third kappa shape index (κ3) is 5.93. The zero-order valence-corrected chi connectivity index (χ0v) is 33.9. The maximum absolute atomic E-state index is 6.28. The normalized spacial score (nSPS) is 11.6. The molecule has 0 amide bonds. The van der Waals surface area contributed by atoms with Crippen molar-refractivity contribution in [2.24, 2.45) is 0 Å². The van der Waals surface area contributed by atoms with E-state index in [2.05, 4.69) is 217 Å². The molecule has 2 aromatic heterocycles. The Bertz CT molecular complexity index is 3570. The topological polar surface area (TPSA) is 16.4 Å². The van der Waals surface area contributed by atoms with E-state index >= 15 is 0 Å². The summed E-state index contributed by atoms with van der Waals surface area (Å²) in [5, 5.41) is 7.31. The van der Waals surface area contributed by atoms with Crippen LogP contribution in [0.3, 0.4) is 0 Å². The average molecular weight is 796 g/mol. The molecule has 2 heterocycles. The maximum Gasteiger partial charge on any atom is 0.136 e. The summed E-state index contributed by atoms with van der Waals surface area (Å²) in [6.07, 6.45) is 0. The van der Waals surface area contributed by atoms with Gasteiger partial charge in [-0.05, 0) is 97.7 Å². The molecule has 3 heteroatoms. The lowest BCUT2D eigenvalue weighted by atomic mass is 9.92. The van der Waals surface area contributed by atoms with Crippen molar-refractivity contribution in [3.05, 3.63) is 224 Å². The molecule has 0 radical (unpaired) electrons. The second kappa shape index (κ2) is 14.5. The summed E-state index contributed by atoms with van der Waals surface area (Å²) in [6.45, 7) is 0. The number of hydrogen-bond acceptors (Lipinski definition) is 3. The van der Waals surface area contributed by atoms with Gasteiger partial charge in [-0.25, -0.2) is 0 Å². The number of thiophene rings is 1. The smallest absolute Gasteiger partial charge is 0.136 e. The molecule has 0 spiro atoms. The number of anilines is 3. The van der Waals surface area contributed by atoms with Crippen LogP contribution in [0, 0.1) is 0 Å². The van der Waals surface area contributed by atoms with Gasteiger partial charge in [0, 0.05) is 37.6 Å². The van der Waals surface area contributed by atoms with Crippen LogP contribution in [-0.4, -0.2) is 0 Å². The standard InChI is InChI=1S/C58H37NOS/c1-3-14-38(15-4-1)44-36-37-45(49-19-8-7-18-48(44)49)40-28-32-42(33-29-40)59(43-34-30-41(31-35-43)46-21-13-27-55-56(46)52-20-9-10-26-54(52)60-55)53-25-12-24-51-50-23-11-22-47(57(50)61-58(51)53)39-16-5-2-6-17-39/h1-37H. The highest BCUT2D eigenvalue weighted by Gasteiger charge is 2.21. The molecule has 0 unspecified atom stereocenters. The number of fused-ring (bicyclic) bond motifs is 7. The van der Waals surface area contributed by atoms with E-state index in [-0.39, 0.29) is 0 Å². The first-order valence-electron chi connectivity index (χ1n) is 20.7. The van der Waals surface area contributed by atoms with Crippen LogP contribution in [0.4, 0.5) is 17.1 Å². The van der Waals surface area contributed by atoms with E-state index in [1.807, 2.05) is 23.5 Å². The molecule has 0 atom stereocenters. The molecule has 12 aromatic rings. The van der Waals surface area contributed by atoms with Crippen LogP contribution in [0.5, 0.6) is 0 Å². The Hall–Kier alpha value is -7.72. The zero-order valence-electron chi connectivity index (χ0n) is 33.1. The monoisotopic (exact) mass is 795 g/mol. The van der Waals surface area contributed by atoms with E-state index in [0.29, 0.717) is 0 Å². The zero-order chi connectivity index (χ0) is 40.3. The first kappa shape index (κ1) is 35.2. The fourth-order valence-corrected chi connectivity index (χ4v) is 10.6. The third-order valence-corrected chi connectivity index (χ3v) is 13.4. The number of para-hydroxylation sites is 1. The molecule has 286 valence electrons. The molecule has 0 bridgehead atoms. The van der Waals surface area contributed by atoms with Crippen LogP contribution in [0.25, 0.3) is 97.4 Å². The lowest BCUT2D eigenvalue weighted by Gasteiger charge is -2.26. The molecule has 0 aliphatic rings. The molecule has 10 aromatic carbocycles. The van der Waals surface area contributed by atoms with Crippen LogP contribution < -0.4 is 4.90 Å². The van der Waals surface area contributed by atoms with Crippen LogP contribution >= 0.6 is 11.3 Å². The van der Waals surface area contributed by atoms with E-state index in [1.165, 1.54) is 64.3 Å². The van der Waals surface area contributed by atoms with Crippen LogP contribution in [0.2, 0.25) is 0 Å². The van der Waals surface area contributed by atoms with Gasteiger partial charge in [-0.1, -0.05) is 182 Å². The summed E-state index contributed by atoms with van der Waals surface area (Å²) in [7, 11) is 0. The summed E-state index contributed by atoms with van der Waals surface area (Å²) in [5.74, 6) is 0. The van der Waals surface area contributed by atoms with Gasteiger partial charge < -0.3 is 9.32 Å². The van der Waals surface area contributed by atoms with E-state index in [9.17, 15) is 0 Å². The predicted octanol–water partition coefficient (Wildman–Crippen LogP) is 17.2. The number of furan rings is 1. The van der Waals surface area contributed by atoms with E-state index in [0.717, 1.165) is 50.1 Å². The fourth-order valence-electron chi connectivity index (χ4n) is 9.27. The quantitative estimate of drug-likeness (QED) is 0.160. The average Bonchev–Trinajstić information content (AvgIpc) is 3.92. The van der Waals surface area contributed by atoms with Crippen molar-refractivity contribution in [3.63, 3.8) is 0 Å². The first-order valence-corrected chi connectivity index (χ1v) is 21.6. The summed E-state index contributed by atoms with van der Waals surface area (Å²) in [4.78, 5) is 2.43. The van der Waals surface area contributed by atoms with Crippen LogP contribution in [0.15, 0.2) is 229 Å². The van der Waals surface area contributed by atoms with Gasteiger partial charge in [-0.2, -0.15) is 0 Å². The molecule has 2 nitrogen and oxygen atoms in total. The minimum atomic E-state index is 0.901. The van der Waals surface area contributed by atoms with Gasteiger partial charge in [0.05, 0.1) is 10.4 Å².